The molecule has 0 saturated carbocycles. The molecule has 0 aliphatic rings. The summed E-state index contributed by atoms with van der Waals surface area (Å²) in [4.78, 5) is 2.27. The predicted molar refractivity (Wildman–Crippen MR) is 138 cm³/mol. The molecule has 3 nitrogen and oxygen atoms in total. The van der Waals surface area contributed by atoms with Gasteiger partial charge in [-0.15, -0.1) is 0 Å². The van der Waals surface area contributed by atoms with Crippen LogP contribution in [0.2, 0.25) is 0 Å². The smallest absolute Gasteiger partial charge is 0.416 e. The van der Waals surface area contributed by atoms with Crippen molar-refractivity contribution in [2.24, 2.45) is 0 Å². The van der Waals surface area contributed by atoms with E-state index in [9.17, 15) is 18.3 Å². The summed E-state index contributed by atoms with van der Waals surface area (Å²) in [5.41, 5.74) is 1.25. The molecule has 0 fully saturated rings. The number of hydrogen-bond acceptors (Lipinski definition) is 3. The number of halogens is 3. The van der Waals surface area contributed by atoms with Crippen molar-refractivity contribution in [2.75, 3.05) is 26.2 Å². The van der Waals surface area contributed by atoms with Crippen LogP contribution >= 0.6 is 0 Å². The third-order valence-electron chi connectivity index (χ3n) is 6.72. The molecule has 0 radical (unpaired) electrons. The highest BCUT2D eigenvalue weighted by Gasteiger charge is 2.34. The molecule has 0 spiro atoms. The van der Waals surface area contributed by atoms with Gasteiger partial charge in [-0.3, -0.25) is 0 Å². The first-order valence-corrected chi connectivity index (χ1v) is 12.6. The first-order valence-electron chi connectivity index (χ1n) is 12.6. The number of ether oxygens (including phenoxy) is 1. The summed E-state index contributed by atoms with van der Waals surface area (Å²) in [7, 11) is 0. The van der Waals surface area contributed by atoms with Gasteiger partial charge >= 0.3 is 6.18 Å². The third kappa shape index (κ3) is 7.34. The molecule has 0 aromatic heterocycles. The second kappa shape index (κ2) is 12.4. The lowest BCUT2D eigenvalue weighted by molar-refractivity contribution is -0.137. The minimum absolute atomic E-state index is 0.369. The van der Waals surface area contributed by atoms with Crippen LogP contribution in [0.5, 0.6) is 5.75 Å². The Balaban J connectivity index is 1.79. The van der Waals surface area contributed by atoms with Gasteiger partial charge in [0.2, 0.25) is 0 Å². The van der Waals surface area contributed by atoms with Crippen LogP contribution in [-0.2, 0) is 18.2 Å². The molecule has 1 unspecified atom stereocenters. The van der Waals surface area contributed by atoms with Gasteiger partial charge in [-0.2, -0.15) is 13.2 Å². The van der Waals surface area contributed by atoms with Crippen molar-refractivity contribution in [2.45, 2.75) is 51.8 Å². The molecule has 0 aliphatic carbocycles. The van der Waals surface area contributed by atoms with E-state index in [1.807, 2.05) is 19.1 Å². The Hall–Kier alpha value is -2.83. The fourth-order valence-corrected chi connectivity index (χ4v) is 4.35. The molecule has 0 aliphatic heterocycles. The number of aryl methyl sites for hydroxylation is 2. The lowest BCUT2D eigenvalue weighted by Crippen LogP contribution is -2.28. The molecule has 1 N–H and O–H groups in total. The molecular formula is C30H36F3NO2. The summed E-state index contributed by atoms with van der Waals surface area (Å²) in [6.45, 7) is 9.55. The van der Waals surface area contributed by atoms with Crippen molar-refractivity contribution in [3.05, 3.63) is 101 Å². The molecule has 0 bridgehead atoms. The maximum absolute atomic E-state index is 13.1. The molecule has 3 aromatic carbocycles. The quantitative estimate of drug-likeness (QED) is 0.291. The molecule has 0 heterocycles. The summed E-state index contributed by atoms with van der Waals surface area (Å²) in [5, 5.41) is 11.8. The molecule has 194 valence electrons. The summed E-state index contributed by atoms with van der Waals surface area (Å²) >= 11 is 0. The zero-order chi connectivity index (χ0) is 26.2. The molecule has 36 heavy (non-hydrogen) atoms. The average Bonchev–Trinajstić information content (AvgIpc) is 2.87. The zero-order valence-corrected chi connectivity index (χ0v) is 21.3. The number of hydrogen-bond donors (Lipinski definition) is 1. The van der Waals surface area contributed by atoms with Crippen LogP contribution in [0.1, 0.15) is 54.5 Å². The van der Waals surface area contributed by atoms with E-state index in [1.165, 1.54) is 17.7 Å². The third-order valence-corrected chi connectivity index (χ3v) is 6.72. The van der Waals surface area contributed by atoms with Gasteiger partial charge in [0.15, 0.2) is 0 Å². The normalized spacial score (nSPS) is 13.6. The maximum Gasteiger partial charge on any atom is 0.416 e. The summed E-state index contributed by atoms with van der Waals surface area (Å²) in [6.07, 6.45) is -2.63. The van der Waals surface area contributed by atoms with Gasteiger partial charge in [0.25, 0.3) is 0 Å². The van der Waals surface area contributed by atoms with Gasteiger partial charge < -0.3 is 14.7 Å². The van der Waals surface area contributed by atoms with Crippen LogP contribution in [0.4, 0.5) is 13.2 Å². The maximum atomic E-state index is 13.1. The average molecular weight is 500 g/mol. The Morgan fingerprint density at radius 1 is 0.778 bits per heavy atom. The number of likely N-dealkylation sites (N-methyl/N-ethyl adjacent to an activating group) is 1. The summed E-state index contributed by atoms with van der Waals surface area (Å²) in [6, 6.07) is 20.3. The van der Waals surface area contributed by atoms with Gasteiger partial charge in [-0.05, 0) is 80.2 Å². The van der Waals surface area contributed by atoms with E-state index >= 15 is 0 Å². The SMILES string of the molecule is CCN(CC)CCOc1ccc(C(O)(CCCc2ccc(C)cc2)c2ccc(C(F)(F)F)cc2)cc1. The first kappa shape index (κ1) is 27.8. The van der Waals surface area contributed by atoms with Crippen molar-refractivity contribution < 1.29 is 23.0 Å². The molecular weight excluding hydrogens is 463 g/mol. The van der Waals surface area contributed by atoms with E-state index in [1.54, 1.807) is 12.1 Å². The van der Waals surface area contributed by atoms with E-state index < -0.39 is 17.3 Å². The van der Waals surface area contributed by atoms with Crippen LogP contribution in [0, 0.1) is 6.92 Å². The van der Waals surface area contributed by atoms with Crippen molar-refractivity contribution in [1.29, 1.82) is 0 Å². The first-order chi connectivity index (χ1) is 17.2. The van der Waals surface area contributed by atoms with Gasteiger partial charge in [0.05, 0.1) is 5.56 Å². The number of aliphatic hydroxyl groups is 1. The van der Waals surface area contributed by atoms with E-state index in [-0.39, 0.29) is 0 Å². The van der Waals surface area contributed by atoms with Gasteiger partial charge in [0.1, 0.15) is 18.0 Å². The van der Waals surface area contributed by atoms with Crippen LogP contribution in [0.15, 0.2) is 72.8 Å². The second-order valence-corrected chi connectivity index (χ2v) is 9.17. The Bertz CT molecular complexity index is 1060. The van der Waals surface area contributed by atoms with Gasteiger partial charge in [-0.25, -0.2) is 0 Å². The highest BCUT2D eigenvalue weighted by atomic mass is 19.4. The number of benzene rings is 3. The standard InChI is InChI=1S/C30H36F3NO2/c1-4-34(5-2)21-22-36-28-18-16-26(17-19-28)29(35,20-6-7-24-10-8-23(3)9-11-24)25-12-14-27(15-13-25)30(31,32)33/h8-19,35H,4-7,20-22H2,1-3H3. The minimum atomic E-state index is -4.42. The summed E-state index contributed by atoms with van der Waals surface area (Å²) in [5.74, 6) is 0.695. The molecule has 3 aromatic rings. The number of alkyl halides is 3. The van der Waals surface area contributed by atoms with Crippen molar-refractivity contribution >= 4 is 0 Å². The van der Waals surface area contributed by atoms with Gasteiger partial charge in [-0.1, -0.05) is 67.9 Å². The second-order valence-electron chi connectivity index (χ2n) is 9.17. The van der Waals surface area contributed by atoms with Crippen LogP contribution < -0.4 is 4.74 Å². The molecule has 6 heteroatoms. The largest absolute Gasteiger partial charge is 0.492 e. The van der Waals surface area contributed by atoms with Crippen LogP contribution in [0.3, 0.4) is 0 Å². The molecule has 3 rings (SSSR count). The minimum Gasteiger partial charge on any atom is -0.492 e. The van der Waals surface area contributed by atoms with E-state index in [0.717, 1.165) is 43.8 Å². The monoisotopic (exact) mass is 499 g/mol. The molecule has 0 saturated heterocycles. The zero-order valence-electron chi connectivity index (χ0n) is 21.3. The Morgan fingerprint density at radius 2 is 1.31 bits per heavy atom. The lowest BCUT2D eigenvalue weighted by Gasteiger charge is -2.30. The number of nitrogens with zero attached hydrogens (tertiary/aromatic N) is 1. The van der Waals surface area contributed by atoms with Gasteiger partial charge in [0, 0.05) is 6.54 Å². The predicted octanol–water partition coefficient (Wildman–Crippen LogP) is 6.99. The molecule has 0 amide bonds. The Kier molecular flexibility index (Phi) is 9.57. The van der Waals surface area contributed by atoms with E-state index in [4.69, 9.17) is 4.74 Å². The van der Waals surface area contributed by atoms with Crippen molar-refractivity contribution in [3.8, 4) is 5.75 Å². The Labute approximate surface area is 212 Å². The number of rotatable bonds is 12. The van der Waals surface area contributed by atoms with Crippen LogP contribution in [-0.4, -0.2) is 36.2 Å². The van der Waals surface area contributed by atoms with Crippen LogP contribution in [0.25, 0.3) is 0 Å². The molecule has 1 atom stereocenters. The highest BCUT2D eigenvalue weighted by molar-refractivity contribution is 5.40. The lowest BCUT2D eigenvalue weighted by atomic mass is 9.81. The van der Waals surface area contributed by atoms with E-state index in [0.29, 0.717) is 36.3 Å². The fourth-order valence-electron chi connectivity index (χ4n) is 4.35. The fraction of sp³-hybridized carbons (Fsp3) is 0.400. The van der Waals surface area contributed by atoms with E-state index in [2.05, 4.69) is 43.0 Å². The van der Waals surface area contributed by atoms with Crippen molar-refractivity contribution in [3.63, 3.8) is 0 Å². The highest BCUT2D eigenvalue weighted by Crippen LogP contribution is 2.37. The van der Waals surface area contributed by atoms with Crippen molar-refractivity contribution in [1.82, 2.24) is 4.90 Å². The summed E-state index contributed by atoms with van der Waals surface area (Å²) < 4.78 is 45.2. The Morgan fingerprint density at radius 3 is 1.83 bits per heavy atom. The topological polar surface area (TPSA) is 32.7 Å².